The zero-order valence-corrected chi connectivity index (χ0v) is 19.0. The van der Waals surface area contributed by atoms with Gasteiger partial charge in [0.05, 0.1) is 4.92 Å². The lowest BCUT2D eigenvalue weighted by atomic mass is 9.65. The number of carbonyl (C=O) groups is 4. The fourth-order valence-electron chi connectivity index (χ4n) is 4.48. The molecule has 0 atom stereocenters. The van der Waals surface area contributed by atoms with Crippen molar-refractivity contribution in [2.45, 2.75) is 58.4 Å². The third-order valence-corrected chi connectivity index (χ3v) is 7.04. The summed E-state index contributed by atoms with van der Waals surface area (Å²) >= 11 is 0. The molecule has 0 radical (unpaired) electrons. The van der Waals surface area contributed by atoms with Crippen LogP contribution in [-0.4, -0.2) is 45.7 Å². The number of amides is 5. The van der Waals surface area contributed by atoms with Crippen molar-refractivity contribution in [1.29, 1.82) is 0 Å². The Hall–Kier alpha value is -3.50. The maximum absolute atomic E-state index is 13.0. The highest BCUT2D eigenvalue weighted by atomic mass is 16.6. The monoisotopic (exact) mass is 459 g/mol. The normalized spacial score (nSPS) is 22.8. The lowest BCUT2D eigenvalue weighted by molar-refractivity contribution is -0.384. The Morgan fingerprint density at radius 2 is 1.91 bits per heavy atom. The molecule has 0 bridgehead atoms. The van der Waals surface area contributed by atoms with Gasteiger partial charge in [0.25, 0.3) is 23.4 Å². The molecule has 1 aromatic rings. The fourth-order valence-corrected chi connectivity index (χ4v) is 4.48. The molecule has 1 aromatic carbocycles. The number of hydrazine groups is 1. The van der Waals surface area contributed by atoms with Gasteiger partial charge in [-0.2, -0.15) is 0 Å². The molecular formula is C22H29N5O6. The first-order valence-electron chi connectivity index (χ1n) is 11.0. The van der Waals surface area contributed by atoms with Crippen LogP contribution in [-0.2, 0) is 9.59 Å². The molecule has 2 aliphatic rings. The van der Waals surface area contributed by atoms with Crippen molar-refractivity contribution < 1.29 is 24.1 Å². The molecule has 0 unspecified atom stereocenters. The van der Waals surface area contributed by atoms with Gasteiger partial charge < -0.3 is 5.32 Å². The summed E-state index contributed by atoms with van der Waals surface area (Å²) < 4.78 is 0. The van der Waals surface area contributed by atoms with E-state index in [1.165, 1.54) is 18.2 Å². The Balaban J connectivity index is 1.56. The molecule has 1 spiro atoms. The van der Waals surface area contributed by atoms with Gasteiger partial charge in [-0.3, -0.25) is 40.2 Å². The number of benzene rings is 1. The van der Waals surface area contributed by atoms with E-state index in [1.807, 2.05) is 0 Å². The van der Waals surface area contributed by atoms with E-state index in [1.54, 1.807) is 0 Å². The van der Waals surface area contributed by atoms with E-state index in [4.69, 9.17) is 0 Å². The number of nitro benzene ring substituents is 1. The Labute approximate surface area is 191 Å². The average Bonchev–Trinajstić information content (AvgIpc) is 3.01. The number of carbonyl (C=O) groups excluding carboxylic acids is 4. The van der Waals surface area contributed by atoms with Gasteiger partial charge in [0.15, 0.2) is 0 Å². The van der Waals surface area contributed by atoms with Crippen LogP contribution in [0.4, 0.5) is 10.5 Å². The number of non-ortho nitro benzene ring substituents is 1. The number of nitrogens with one attached hydrogen (secondary N) is 3. The highest BCUT2D eigenvalue weighted by molar-refractivity contribution is 6.09. The first kappa shape index (κ1) is 24.1. The zero-order valence-electron chi connectivity index (χ0n) is 19.0. The molecule has 5 amide bonds. The predicted molar refractivity (Wildman–Crippen MR) is 118 cm³/mol. The van der Waals surface area contributed by atoms with Gasteiger partial charge in [-0.15, -0.1) is 0 Å². The first-order chi connectivity index (χ1) is 15.5. The first-order valence-corrected chi connectivity index (χ1v) is 11.0. The number of nitro groups is 1. The molecule has 1 aliphatic carbocycles. The highest BCUT2D eigenvalue weighted by Crippen LogP contribution is 2.45. The number of nitrogens with zero attached hydrogens (tertiary/aromatic N) is 2. The molecule has 1 aliphatic heterocycles. The molecule has 1 saturated heterocycles. The molecule has 11 heteroatoms. The largest absolute Gasteiger partial charge is 0.325 e. The van der Waals surface area contributed by atoms with Gasteiger partial charge in [0, 0.05) is 17.7 Å². The molecule has 11 nitrogen and oxygen atoms in total. The van der Waals surface area contributed by atoms with Crippen LogP contribution in [0.1, 0.15) is 63.2 Å². The van der Waals surface area contributed by atoms with Crippen molar-refractivity contribution in [3.8, 4) is 0 Å². The fraction of sp³-hybridized carbons (Fsp3) is 0.545. The van der Waals surface area contributed by atoms with Crippen molar-refractivity contribution in [1.82, 2.24) is 21.1 Å². The molecule has 178 valence electrons. The minimum absolute atomic E-state index is 0.0230. The lowest BCUT2D eigenvalue weighted by Gasteiger charge is -2.42. The van der Waals surface area contributed by atoms with Crippen molar-refractivity contribution >= 4 is 29.4 Å². The quantitative estimate of drug-likeness (QED) is 0.337. The van der Waals surface area contributed by atoms with Gasteiger partial charge >= 0.3 is 6.03 Å². The van der Waals surface area contributed by atoms with Crippen LogP contribution in [0.2, 0.25) is 0 Å². The van der Waals surface area contributed by atoms with Crippen molar-refractivity contribution in [2.24, 2.45) is 11.3 Å². The van der Waals surface area contributed by atoms with Crippen LogP contribution in [0.25, 0.3) is 0 Å². The minimum Gasteiger partial charge on any atom is -0.323 e. The summed E-state index contributed by atoms with van der Waals surface area (Å²) in [5.74, 6) is -1.51. The highest BCUT2D eigenvalue weighted by Gasteiger charge is 2.53. The van der Waals surface area contributed by atoms with Gasteiger partial charge in [-0.05, 0) is 43.1 Å². The summed E-state index contributed by atoms with van der Waals surface area (Å²) in [7, 11) is 0. The van der Waals surface area contributed by atoms with Crippen LogP contribution < -0.4 is 16.2 Å². The molecule has 33 heavy (non-hydrogen) atoms. The second-order valence-electron chi connectivity index (χ2n) is 9.33. The van der Waals surface area contributed by atoms with Crippen LogP contribution in [0.15, 0.2) is 24.3 Å². The van der Waals surface area contributed by atoms with E-state index in [-0.39, 0.29) is 16.7 Å². The maximum Gasteiger partial charge on any atom is 0.325 e. The van der Waals surface area contributed by atoms with Crippen LogP contribution >= 0.6 is 0 Å². The Bertz CT molecular complexity index is 983. The summed E-state index contributed by atoms with van der Waals surface area (Å²) in [5.41, 5.74) is 3.16. The van der Waals surface area contributed by atoms with Crippen LogP contribution in [0, 0.1) is 21.4 Å². The predicted octanol–water partition coefficient (Wildman–Crippen LogP) is 2.27. The zero-order chi connectivity index (χ0) is 24.4. The third kappa shape index (κ3) is 4.96. The Morgan fingerprint density at radius 3 is 2.52 bits per heavy atom. The second kappa shape index (κ2) is 9.16. The van der Waals surface area contributed by atoms with E-state index in [0.717, 1.165) is 30.2 Å². The van der Waals surface area contributed by atoms with Gasteiger partial charge in [0.1, 0.15) is 12.1 Å². The number of imide groups is 1. The van der Waals surface area contributed by atoms with E-state index in [9.17, 15) is 29.3 Å². The Morgan fingerprint density at radius 1 is 1.24 bits per heavy atom. The van der Waals surface area contributed by atoms with E-state index in [2.05, 4.69) is 36.9 Å². The number of hydrogen-bond acceptors (Lipinski definition) is 6. The van der Waals surface area contributed by atoms with Crippen LogP contribution in [0.5, 0.6) is 0 Å². The van der Waals surface area contributed by atoms with Gasteiger partial charge in [0.2, 0.25) is 0 Å². The molecule has 3 rings (SSSR count). The summed E-state index contributed by atoms with van der Waals surface area (Å²) in [6, 6.07) is 4.37. The molecule has 2 fully saturated rings. The van der Waals surface area contributed by atoms with Crippen LogP contribution in [0.3, 0.4) is 0 Å². The molecule has 1 saturated carbocycles. The maximum atomic E-state index is 13.0. The third-order valence-electron chi connectivity index (χ3n) is 7.04. The number of urea groups is 1. The second-order valence-corrected chi connectivity index (χ2v) is 9.33. The molecule has 0 aromatic heterocycles. The van der Waals surface area contributed by atoms with Crippen molar-refractivity contribution in [2.75, 3.05) is 6.54 Å². The van der Waals surface area contributed by atoms with E-state index >= 15 is 0 Å². The topological polar surface area (TPSA) is 151 Å². The summed E-state index contributed by atoms with van der Waals surface area (Å²) in [6.45, 7) is 6.02. The minimum atomic E-state index is -0.982. The average molecular weight is 460 g/mol. The summed E-state index contributed by atoms with van der Waals surface area (Å²) in [6.07, 6.45) is 3.69. The SMILES string of the molecule is CCC(C)(C)C1CCC2(CC1)NC(=O)N(CC(=O)NNC(=O)c1cccc([N+](=O)[O-])c1)C2=O. The smallest absolute Gasteiger partial charge is 0.323 e. The van der Waals surface area contributed by atoms with Crippen molar-refractivity contribution in [3.05, 3.63) is 39.9 Å². The summed E-state index contributed by atoms with van der Waals surface area (Å²) in [5, 5.41) is 13.6. The summed E-state index contributed by atoms with van der Waals surface area (Å²) in [4.78, 5) is 61.0. The lowest BCUT2D eigenvalue weighted by Crippen LogP contribution is -2.51. The number of hydrogen-bond donors (Lipinski definition) is 3. The van der Waals surface area contributed by atoms with E-state index < -0.39 is 40.8 Å². The van der Waals surface area contributed by atoms with Crippen molar-refractivity contribution in [3.63, 3.8) is 0 Å². The standard InChI is InChI=1S/C22H29N5O6/c1-4-21(2,3)15-8-10-22(11-9-15)19(30)26(20(31)23-22)13-17(28)24-25-18(29)14-6-5-7-16(12-14)27(32)33/h5-7,12,15H,4,8-11,13H2,1-3H3,(H,23,31)(H,24,28)(H,25,29). The molecule has 1 heterocycles. The van der Waals surface area contributed by atoms with E-state index in [0.29, 0.717) is 18.8 Å². The number of rotatable bonds is 6. The van der Waals surface area contributed by atoms with Gasteiger partial charge in [-0.1, -0.05) is 33.3 Å². The van der Waals surface area contributed by atoms with Gasteiger partial charge in [-0.25, -0.2) is 4.79 Å². The molecule has 3 N–H and O–H groups in total. The Kier molecular flexibility index (Phi) is 6.71. The molecular weight excluding hydrogens is 430 g/mol.